The summed E-state index contributed by atoms with van der Waals surface area (Å²) in [7, 11) is 1.68. The molecule has 0 N–H and O–H groups in total. The molecule has 2 aromatic rings. The first-order valence-corrected chi connectivity index (χ1v) is 11.6. The molecule has 8 heteroatoms. The van der Waals surface area contributed by atoms with Crippen molar-refractivity contribution in [2.24, 2.45) is 0 Å². The molecular formula is C28H20N2O5S. The topological polar surface area (TPSA) is 84.0 Å². The Balaban J connectivity index is 1.41. The molecule has 36 heavy (non-hydrogen) atoms. The molecule has 0 saturated carbocycles. The number of Topliss-reactive ketones (excluding diaryl/α,β-unsaturated/α-hetero) is 2. The van der Waals surface area contributed by atoms with Gasteiger partial charge in [0.05, 0.1) is 0 Å². The number of thiocarbonyl (C=S) groups is 1. The van der Waals surface area contributed by atoms with Crippen molar-refractivity contribution in [3.8, 4) is 0 Å². The molecule has 1 aliphatic heterocycles. The fraction of sp³-hybridized carbons (Fsp3) is 0.107. The van der Waals surface area contributed by atoms with Gasteiger partial charge < -0.3 is 9.64 Å². The number of ether oxygens (including phenoxy) is 1. The Morgan fingerprint density at radius 2 is 1.61 bits per heavy atom. The highest BCUT2D eigenvalue weighted by molar-refractivity contribution is 7.80. The van der Waals surface area contributed by atoms with E-state index in [2.05, 4.69) is 0 Å². The molecule has 178 valence electrons. The van der Waals surface area contributed by atoms with E-state index in [9.17, 15) is 19.2 Å². The molecule has 2 aliphatic carbocycles. The van der Waals surface area contributed by atoms with Gasteiger partial charge in [-0.05, 0) is 48.1 Å². The summed E-state index contributed by atoms with van der Waals surface area (Å²) in [5.74, 6) is -0.948. The minimum atomic E-state index is -0.446. The number of amides is 2. The third-order valence-electron chi connectivity index (χ3n) is 6.28. The molecule has 0 atom stereocenters. The Labute approximate surface area is 212 Å². The summed E-state index contributed by atoms with van der Waals surface area (Å²) in [4.78, 5) is 53.6. The van der Waals surface area contributed by atoms with Gasteiger partial charge in [0.15, 0.2) is 17.3 Å². The maximum Gasteiger partial charge on any atom is 0.301 e. The smallest absolute Gasteiger partial charge is 0.301 e. The van der Waals surface area contributed by atoms with Gasteiger partial charge in [-0.1, -0.05) is 42.5 Å². The number of nitrogens with zero attached hydrogens (tertiary/aromatic N) is 2. The number of fused-ring (bicyclic) bond motifs is 2. The van der Waals surface area contributed by atoms with Crippen molar-refractivity contribution in [3.05, 3.63) is 106 Å². The second-order valence-corrected chi connectivity index (χ2v) is 8.80. The SMILES string of the molecule is CC(=O)N(C)c1ccc(/C=C2/OC(=S)N(C3=CC=C4C(=O)c5ccccc5C(=O)C4=CC3)C2=O)cc1. The number of hydrogen-bond acceptors (Lipinski definition) is 6. The van der Waals surface area contributed by atoms with E-state index < -0.39 is 5.91 Å². The van der Waals surface area contributed by atoms with Gasteiger partial charge in [0.1, 0.15) is 0 Å². The Morgan fingerprint density at radius 1 is 0.972 bits per heavy atom. The molecule has 1 fully saturated rings. The van der Waals surface area contributed by atoms with E-state index in [0.717, 1.165) is 5.69 Å². The molecule has 2 amide bonds. The van der Waals surface area contributed by atoms with Gasteiger partial charge in [0.25, 0.3) is 5.17 Å². The lowest BCUT2D eigenvalue weighted by Crippen LogP contribution is -2.27. The predicted octanol–water partition coefficient (Wildman–Crippen LogP) is 4.37. The molecular weight excluding hydrogens is 476 g/mol. The molecule has 0 unspecified atom stereocenters. The van der Waals surface area contributed by atoms with Gasteiger partial charge >= 0.3 is 5.91 Å². The van der Waals surface area contributed by atoms with Crippen LogP contribution in [0.1, 0.15) is 39.6 Å². The maximum atomic E-state index is 13.2. The number of carbonyl (C=O) groups excluding carboxylic acids is 4. The number of benzene rings is 2. The molecule has 5 rings (SSSR count). The molecule has 1 saturated heterocycles. The van der Waals surface area contributed by atoms with Crippen LogP contribution in [0, 0.1) is 0 Å². The summed E-state index contributed by atoms with van der Waals surface area (Å²) in [6.45, 7) is 1.48. The van der Waals surface area contributed by atoms with E-state index in [-0.39, 0.29) is 34.8 Å². The van der Waals surface area contributed by atoms with Crippen LogP contribution in [0.2, 0.25) is 0 Å². The third-order valence-corrected chi connectivity index (χ3v) is 6.55. The lowest BCUT2D eigenvalue weighted by Gasteiger charge is -2.18. The van der Waals surface area contributed by atoms with Crippen molar-refractivity contribution >= 4 is 52.5 Å². The summed E-state index contributed by atoms with van der Waals surface area (Å²) in [5, 5.41) is -0.0342. The standard InChI is InChI=1S/C28H20N2O5S/c1-16(31)29(2)18-9-7-17(8-10-18)15-24-27(34)30(28(36)35-24)19-11-13-22-23(14-12-19)26(33)21-6-4-3-5-20(21)25(22)32/h3-11,13-15H,12H2,1-2H3/b24-15+. The van der Waals surface area contributed by atoms with Gasteiger partial charge in [-0.15, -0.1) is 0 Å². The highest BCUT2D eigenvalue weighted by Gasteiger charge is 2.37. The fourth-order valence-electron chi connectivity index (χ4n) is 4.24. The number of carbonyl (C=O) groups is 4. The summed E-state index contributed by atoms with van der Waals surface area (Å²) < 4.78 is 5.60. The Morgan fingerprint density at radius 3 is 2.25 bits per heavy atom. The van der Waals surface area contributed by atoms with Crippen LogP contribution in [0.15, 0.2) is 89.4 Å². The zero-order valence-electron chi connectivity index (χ0n) is 19.5. The zero-order chi connectivity index (χ0) is 25.6. The molecule has 2 aromatic carbocycles. The van der Waals surface area contributed by atoms with Crippen LogP contribution in [0.4, 0.5) is 5.69 Å². The normalized spacial score (nSPS) is 18.1. The monoisotopic (exact) mass is 496 g/mol. The second-order valence-electron chi connectivity index (χ2n) is 8.45. The number of anilines is 1. The van der Waals surface area contributed by atoms with Crippen molar-refractivity contribution in [2.45, 2.75) is 13.3 Å². The van der Waals surface area contributed by atoms with Gasteiger partial charge in [-0.25, -0.2) is 4.90 Å². The first-order valence-electron chi connectivity index (χ1n) is 11.2. The Hall–Kier alpha value is -4.43. The Bertz CT molecular complexity index is 1490. The van der Waals surface area contributed by atoms with E-state index in [1.54, 1.807) is 79.9 Å². The fourth-order valence-corrected chi connectivity index (χ4v) is 4.53. The van der Waals surface area contributed by atoms with Gasteiger partial charge in [-0.2, -0.15) is 0 Å². The van der Waals surface area contributed by atoms with Gasteiger partial charge in [0.2, 0.25) is 5.91 Å². The first-order chi connectivity index (χ1) is 17.3. The number of allylic oxidation sites excluding steroid dienone is 5. The third kappa shape index (κ3) is 3.91. The number of hydrogen-bond donors (Lipinski definition) is 0. The van der Waals surface area contributed by atoms with Gasteiger partial charge in [0, 0.05) is 54.0 Å². The molecule has 0 radical (unpaired) electrons. The summed E-state index contributed by atoms with van der Waals surface area (Å²) in [6.07, 6.45) is 6.63. The maximum absolute atomic E-state index is 13.2. The van der Waals surface area contributed by atoms with Crippen LogP contribution in [-0.2, 0) is 14.3 Å². The molecule has 1 heterocycles. The van der Waals surface area contributed by atoms with Crippen LogP contribution in [-0.4, -0.2) is 40.5 Å². The average molecular weight is 497 g/mol. The highest BCUT2D eigenvalue weighted by atomic mass is 32.1. The van der Waals surface area contributed by atoms with Crippen molar-refractivity contribution in [3.63, 3.8) is 0 Å². The summed E-state index contributed by atoms with van der Waals surface area (Å²) in [5.41, 5.74) is 3.25. The van der Waals surface area contributed by atoms with Crippen molar-refractivity contribution in [1.82, 2.24) is 4.90 Å². The minimum absolute atomic E-state index is 0.0342. The largest absolute Gasteiger partial charge is 0.425 e. The van der Waals surface area contributed by atoms with Crippen LogP contribution in [0.25, 0.3) is 6.08 Å². The van der Waals surface area contributed by atoms with E-state index in [1.165, 1.54) is 16.7 Å². The molecule has 0 bridgehead atoms. The van der Waals surface area contributed by atoms with E-state index in [0.29, 0.717) is 33.5 Å². The zero-order valence-corrected chi connectivity index (χ0v) is 20.3. The van der Waals surface area contributed by atoms with Crippen molar-refractivity contribution < 1.29 is 23.9 Å². The van der Waals surface area contributed by atoms with E-state index in [1.807, 2.05) is 0 Å². The number of rotatable bonds is 3. The Kier molecular flexibility index (Phi) is 5.81. The summed E-state index contributed by atoms with van der Waals surface area (Å²) in [6, 6.07) is 13.8. The molecule has 0 spiro atoms. The lowest BCUT2D eigenvalue weighted by molar-refractivity contribution is -0.121. The van der Waals surface area contributed by atoms with Crippen LogP contribution in [0.5, 0.6) is 0 Å². The van der Waals surface area contributed by atoms with Gasteiger partial charge in [-0.3, -0.25) is 19.2 Å². The van der Waals surface area contributed by atoms with Crippen molar-refractivity contribution in [1.29, 1.82) is 0 Å². The number of ketones is 2. The molecule has 7 nitrogen and oxygen atoms in total. The van der Waals surface area contributed by atoms with E-state index >= 15 is 0 Å². The van der Waals surface area contributed by atoms with Crippen LogP contribution >= 0.6 is 12.2 Å². The average Bonchev–Trinajstić information content (AvgIpc) is 3.02. The quantitative estimate of drug-likeness (QED) is 0.464. The highest BCUT2D eigenvalue weighted by Crippen LogP contribution is 2.34. The molecule has 0 aromatic heterocycles. The first kappa shape index (κ1) is 23.3. The van der Waals surface area contributed by atoms with Crippen LogP contribution < -0.4 is 4.90 Å². The summed E-state index contributed by atoms with van der Waals surface area (Å²) >= 11 is 5.33. The van der Waals surface area contributed by atoms with Crippen LogP contribution in [0.3, 0.4) is 0 Å². The lowest BCUT2D eigenvalue weighted by atomic mass is 9.82. The van der Waals surface area contributed by atoms with Crippen molar-refractivity contribution in [2.75, 3.05) is 11.9 Å². The predicted molar refractivity (Wildman–Crippen MR) is 138 cm³/mol. The molecule has 3 aliphatic rings. The minimum Gasteiger partial charge on any atom is -0.425 e. The second kappa shape index (κ2) is 8.98. The van der Waals surface area contributed by atoms with E-state index in [4.69, 9.17) is 17.0 Å².